The maximum absolute atomic E-state index is 12.7. The van der Waals surface area contributed by atoms with Crippen LogP contribution in [-0.2, 0) is 12.3 Å². The normalized spacial score (nSPS) is 17.0. The van der Waals surface area contributed by atoms with E-state index in [1.54, 1.807) is 12.1 Å². The maximum Gasteiger partial charge on any atom is 0.125 e. The quantitative estimate of drug-likeness (QED) is 0.855. The Hall–Kier alpha value is -1.29. The second-order valence-electron chi connectivity index (χ2n) is 4.03. The van der Waals surface area contributed by atoms with Crippen LogP contribution in [-0.4, -0.2) is 19.3 Å². The van der Waals surface area contributed by atoms with Crippen LogP contribution < -0.4 is 9.47 Å². The Morgan fingerprint density at radius 2 is 1.88 bits per heavy atom. The Morgan fingerprint density at radius 3 is 2.31 bits per heavy atom. The number of benzene rings is 1. The van der Waals surface area contributed by atoms with Gasteiger partial charge in [0.25, 0.3) is 0 Å². The summed E-state index contributed by atoms with van der Waals surface area (Å²) in [5.41, 5.74) is 0.310. The van der Waals surface area contributed by atoms with Crippen molar-refractivity contribution in [1.82, 2.24) is 0 Å². The average molecular weight is 226 g/mol. The number of halogens is 1. The summed E-state index contributed by atoms with van der Waals surface area (Å²) in [6, 6.07) is 3.26. The van der Waals surface area contributed by atoms with Crippen molar-refractivity contribution in [3.63, 3.8) is 0 Å². The Balaban J connectivity index is 2.51. The van der Waals surface area contributed by atoms with Crippen LogP contribution in [0.2, 0.25) is 0 Å². The van der Waals surface area contributed by atoms with E-state index >= 15 is 0 Å². The summed E-state index contributed by atoms with van der Waals surface area (Å²) in [6.07, 6.45) is 1.42. The van der Waals surface area contributed by atoms with Crippen LogP contribution >= 0.6 is 0 Å². The van der Waals surface area contributed by atoms with Crippen molar-refractivity contribution >= 4 is 0 Å². The highest BCUT2D eigenvalue weighted by Gasteiger charge is 2.44. The highest BCUT2D eigenvalue weighted by Crippen LogP contribution is 2.50. The van der Waals surface area contributed by atoms with E-state index in [4.69, 9.17) is 9.47 Å². The van der Waals surface area contributed by atoms with E-state index in [0.29, 0.717) is 35.5 Å². The first-order valence-electron chi connectivity index (χ1n) is 5.18. The molecule has 1 fully saturated rings. The number of alkyl halides is 1. The third kappa shape index (κ3) is 1.73. The minimum absolute atomic E-state index is 0.437. The predicted molar refractivity (Wildman–Crippen MR) is 57.5 cm³/mol. The molecule has 1 N–H and O–H groups in total. The lowest BCUT2D eigenvalue weighted by Gasteiger charge is -2.16. The van der Waals surface area contributed by atoms with Crippen LogP contribution in [0.3, 0.4) is 0 Å². The first-order chi connectivity index (χ1) is 7.64. The van der Waals surface area contributed by atoms with Crippen LogP contribution in [0.25, 0.3) is 0 Å². The van der Waals surface area contributed by atoms with Gasteiger partial charge in [0.1, 0.15) is 18.2 Å². The zero-order valence-corrected chi connectivity index (χ0v) is 9.42. The first kappa shape index (κ1) is 11.2. The zero-order chi connectivity index (χ0) is 11.8. The fraction of sp³-hybridized carbons (Fsp3) is 0.500. The lowest BCUT2D eigenvalue weighted by atomic mass is 10.0. The SMILES string of the molecule is COc1cc(C2(O)CC2)c(OC)cc1CF. The van der Waals surface area contributed by atoms with Gasteiger partial charge in [-0.15, -0.1) is 0 Å². The van der Waals surface area contributed by atoms with Gasteiger partial charge < -0.3 is 14.6 Å². The van der Waals surface area contributed by atoms with E-state index in [1.807, 2.05) is 0 Å². The molecule has 3 nitrogen and oxygen atoms in total. The molecule has 1 saturated carbocycles. The Kier molecular flexibility index (Phi) is 2.76. The molecule has 0 bridgehead atoms. The van der Waals surface area contributed by atoms with E-state index < -0.39 is 12.3 Å². The summed E-state index contributed by atoms with van der Waals surface area (Å²) >= 11 is 0. The van der Waals surface area contributed by atoms with E-state index in [1.165, 1.54) is 14.2 Å². The van der Waals surface area contributed by atoms with E-state index in [9.17, 15) is 9.50 Å². The molecule has 16 heavy (non-hydrogen) atoms. The minimum atomic E-state index is -0.812. The highest BCUT2D eigenvalue weighted by molar-refractivity contribution is 5.50. The lowest BCUT2D eigenvalue weighted by Crippen LogP contribution is -2.08. The third-order valence-corrected chi connectivity index (χ3v) is 2.97. The molecule has 0 unspecified atom stereocenters. The molecule has 0 heterocycles. The summed E-state index contributed by atoms with van der Waals surface area (Å²) < 4.78 is 23.0. The van der Waals surface area contributed by atoms with Crippen molar-refractivity contribution < 1.29 is 19.0 Å². The van der Waals surface area contributed by atoms with Crippen molar-refractivity contribution in [3.8, 4) is 11.5 Å². The molecule has 0 radical (unpaired) electrons. The number of hydrogen-bond acceptors (Lipinski definition) is 3. The first-order valence-corrected chi connectivity index (χ1v) is 5.18. The van der Waals surface area contributed by atoms with Crippen molar-refractivity contribution in [2.45, 2.75) is 25.1 Å². The molecule has 0 aliphatic heterocycles. The zero-order valence-electron chi connectivity index (χ0n) is 9.42. The van der Waals surface area contributed by atoms with Crippen molar-refractivity contribution in [2.24, 2.45) is 0 Å². The standard InChI is InChI=1S/C12H15FO3/c1-15-10-6-9(12(14)3-4-12)11(16-2)5-8(10)7-13/h5-6,14H,3-4,7H2,1-2H3. The smallest absolute Gasteiger partial charge is 0.125 e. The molecule has 0 atom stereocenters. The number of rotatable bonds is 4. The molecule has 0 aromatic heterocycles. The molecule has 1 aliphatic carbocycles. The predicted octanol–water partition coefficient (Wildman–Crippen LogP) is 2.15. The van der Waals surface area contributed by atoms with Gasteiger partial charge in [-0.3, -0.25) is 0 Å². The van der Waals surface area contributed by atoms with Gasteiger partial charge in [-0.1, -0.05) is 0 Å². The molecular formula is C12H15FO3. The number of methoxy groups -OCH3 is 2. The maximum atomic E-state index is 12.7. The summed E-state index contributed by atoms with van der Waals surface area (Å²) in [6.45, 7) is -0.613. The topological polar surface area (TPSA) is 38.7 Å². The van der Waals surface area contributed by atoms with E-state index in [2.05, 4.69) is 0 Å². The molecule has 0 saturated heterocycles. The van der Waals surface area contributed by atoms with Crippen LogP contribution in [0, 0.1) is 0 Å². The number of aliphatic hydroxyl groups is 1. The second kappa shape index (κ2) is 3.94. The van der Waals surface area contributed by atoms with Crippen LogP contribution in [0.15, 0.2) is 12.1 Å². The lowest BCUT2D eigenvalue weighted by molar-refractivity contribution is 0.147. The molecule has 0 amide bonds. The van der Waals surface area contributed by atoms with Gasteiger partial charge in [-0.2, -0.15) is 0 Å². The Labute approximate surface area is 93.8 Å². The van der Waals surface area contributed by atoms with Crippen molar-refractivity contribution in [1.29, 1.82) is 0 Å². The summed E-state index contributed by atoms with van der Waals surface area (Å²) in [5, 5.41) is 10.1. The van der Waals surface area contributed by atoms with Gasteiger partial charge in [0.05, 0.1) is 19.8 Å². The molecule has 1 aromatic rings. The summed E-state index contributed by atoms with van der Waals surface area (Å²) in [7, 11) is 3.00. The van der Waals surface area contributed by atoms with E-state index in [-0.39, 0.29) is 0 Å². The molecular weight excluding hydrogens is 211 g/mol. The van der Waals surface area contributed by atoms with Gasteiger partial charge in [-0.25, -0.2) is 4.39 Å². The van der Waals surface area contributed by atoms with Crippen LogP contribution in [0.1, 0.15) is 24.0 Å². The second-order valence-corrected chi connectivity index (χ2v) is 4.03. The molecule has 1 aliphatic rings. The molecule has 4 heteroatoms. The Morgan fingerprint density at radius 1 is 1.25 bits per heavy atom. The van der Waals surface area contributed by atoms with Crippen LogP contribution in [0.5, 0.6) is 11.5 Å². The Bertz CT molecular complexity index is 399. The fourth-order valence-corrected chi connectivity index (χ4v) is 1.82. The highest BCUT2D eigenvalue weighted by atomic mass is 19.1. The van der Waals surface area contributed by atoms with E-state index in [0.717, 1.165) is 0 Å². The number of hydrogen-bond donors (Lipinski definition) is 1. The third-order valence-electron chi connectivity index (χ3n) is 2.97. The summed E-state index contributed by atoms with van der Waals surface area (Å²) in [4.78, 5) is 0. The van der Waals surface area contributed by atoms with Crippen molar-refractivity contribution in [3.05, 3.63) is 23.3 Å². The monoisotopic (exact) mass is 226 g/mol. The molecule has 88 valence electrons. The van der Waals surface area contributed by atoms with Crippen molar-refractivity contribution in [2.75, 3.05) is 14.2 Å². The molecule has 2 rings (SSSR count). The van der Waals surface area contributed by atoms with Gasteiger partial charge in [-0.05, 0) is 25.0 Å². The molecule has 1 aromatic carbocycles. The van der Waals surface area contributed by atoms with Gasteiger partial charge >= 0.3 is 0 Å². The van der Waals surface area contributed by atoms with Gasteiger partial charge in [0, 0.05) is 11.1 Å². The van der Waals surface area contributed by atoms with Crippen LogP contribution in [0.4, 0.5) is 4.39 Å². The van der Waals surface area contributed by atoms with Gasteiger partial charge in [0.15, 0.2) is 0 Å². The largest absolute Gasteiger partial charge is 0.496 e. The molecule has 0 spiro atoms. The fourth-order valence-electron chi connectivity index (χ4n) is 1.82. The minimum Gasteiger partial charge on any atom is -0.496 e. The average Bonchev–Trinajstić information content (AvgIpc) is 3.06. The van der Waals surface area contributed by atoms with Gasteiger partial charge in [0.2, 0.25) is 0 Å². The summed E-state index contributed by atoms with van der Waals surface area (Å²) in [5.74, 6) is 0.979. The number of ether oxygens (including phenoxy) is 2.